The number of hydrogen-bond donors (Lipinski definition) is 2. The second kappa shape index (κ2) is 7.30. The van der Waals surface area contributed by atoms with Crippen molar-refractivity contribution in [1.29, 1.82) is 0 Å². The van der Waals surface area contributed by atoms with Gasteiger partial charge in [-0.15, -0.1) is 0 Å². The molecule has 1 unspecified atom stereocenters. The van der Waals surface area contributed by atoms with Crippen LogP contribution in [0.3, 0.4) is 0 Å². The molecule has 1 fully saturated rings. The molecule has 1 rings (SSSR count). The topological polar surface area (TPSA) is 66.4 Å². The van der Waals surface area contributed by atoms with Crippen molar-refractivity contribution in [2.75, 3.05) is 6.54 Å². The van der Waals surface area contributed by atoms with Crippen LogP contribution in [-0.4, -0.2) is 23.5 Å². The predicted octanol–water partition coefficient (Wildman–Crippen LogP) is 2.18. The van der Waals surface area contributed by atoms with E-state index >= 15 is 0 Å². The summed E-state index contributed by atoms with van der Waals surface area (Å²) in [7, 11) is 0. The Morgan fingerprint density at radius 1 is 1.29 bits per heavy atom. The fraction of sp³-hybridized carbons (Fsp3) is 0.846. The zero-order chi connectivity index (χ0) is 12.7. The summed E-state index contributed by atoms with van der Waals surface area (Å²) in [5.74, 6) is -1.01. The molecule has 98 valence electrons. The third-order valence-electron chi connectivity index (χ3n) is 3.50. The average Bonchev–Trinajstić information content (AvgIpc) is 2.34. The molecule has 1 amide bonds. The first-order valence-corrected chi connectivity index (χ1v) is 6.64. The van der Waals surface area contributed by atoms with E-state index in [-0.39, 0.29) is 24.2 Å². The lowest BCUT2D eigenvalue weighted by Crippen LogP contribution is -2.37. The van der Waals surface area contributed by atoms with E-state index in [2.05, 4.69) is 5.32 Å². The summed E-state index contributed by atoms with van der Waals surface area (Å²) in [5.41, 5.74) is 0. The van der Waals surface area contributed by atoms with Gasteiger partial charge in [0.15, 0.2) is 0 Å². The Morgan fingerprint density at radius 2 is 1.94 bits per heavy atom. The Bertz CT molecular complexity index is 259. The number of carboxylic acid groups (broad SMARTS) is 1. The van der Waals surface area contributed by atoms with E-state index in [9.17, 15) is 9.59 Å². The number of carbonyl (C=O) groups is 2. The number of rotatable bonds is 6. The Kier molecular flexibility index (Phi) is 6.01. The first-order valence-electron chi connectivity index (χ1n) is 6.64. The summed E-state index contributed by atoms with van der Waals surface area (Å²) in [5, 5.41) is 11.7. The molecule has 0 aliphatic heterocycles. The van der Waals surface area contributed by atoms with Gasteiger partial charge in [0.2, 0.25) is 5.91 Å². The maximum absolute atomic E-state index is 12.0. The highest BCUT2D eigenvalue weighted by Gasteiger charge is 2.30. The van der Waals surface area contributed by atoms with E-state index in [1.165, 1.54) is 6.42 Å². The van der Waals surface area contributed by atoms with Gasteiger partial charge in [0.25, 0.3) is 0 Å². The first kappa shape index (κ1) is 14.0. The fourth-order valence-corrected chi connectivity index (χ4v) is 2.58. The van der Waals surface area contributed by atoms with Gasteiger partial charge in [-0.3, -0.25) is 9.59 Å². The van der Waals surface area contributed by atoms with Crippen LogP contribution < -0.4 is 5.32 Å². The summed E-state index contributed by atoms with van der Waals surface area (Å²) in [6.07, 6.45) is 6.32. The molecule has 2 N–H and O–H groups in total. The Balaban J connectivity index is 2.57. The van der Waals surface area contributed by atoms with Gasteiger partial charge in [0.1, 0.15) is 0 Å². The van der Waals surface area contributed by atoms with Gasteiger partial charge in [0, 0.05) is 6.54 Å². The molecule has 0 radical (unpaired) electrons. The van der Waals surface area contributed by atoms with Crippen molar-refractivity contribution in [2.24, 2.45) is 11.8 Å². The second-order valence-electron chi connectivity index (χ2n) is 4.89. The SMILES string of the molecule is CCCNC(=O)C(CC(=O)O)C1CCCCC1. The zero-order valence-electron chi connectivity index (χ0n) is 10.6. The molecule has 1 atom stereocenters. The fourth-order valence-electron chi connectivity index (χ4n) is 2.58. The van der Waals surface area contributed by atoms with Crippen LogP contribution in [0.2, 0.25) is 0 Å². The number of carbonyl (C=O) groups excluding carboxylic acids is 1. The quantitative estimate of drug-likeness (QED) is 0.749. The van der Waals surface area contributed by atoms with Gasteiger partial charge in [-0.1, -0.05) is 26.2 Å². The molecule has 0 bridgehead atoms. The summed E-state index contributed by atoms with van der Waals surface area (Å²) < 4.78 is 0. The van der Waals surface area contributed by atoms with Crippen LogP contribution in [-0.2, 0) is 9.59 Å². The molecule has 1 saturated carbocycles. The highest BCUT2D eigenvalue weighted by atomic mass is 16.4. The number of aliphatic carboxylic acids is 1. The lowest BCUT2D eigenvalue weighted by Gasteiger charge is -2.28. The van der Waals surface area contributed by atoms with Gasteiger partial charge in [-0.25, -0.2) is 0 Å². The minimum atomic E-state index is -0.868. The number of nitrogens with one attached hydrogen (secondary N) is 1. The lowest BCUT2D eigenvalue weighted by molar-refractivity contribution is -0.142. The van der Waals surface area contributed by atoms with Crippen molar-refractivity contribution in [3.63, 3.8) is 0 Å². The normalized spacial score (nSPS) is 18.6. The molecule has 0 saturated heterocycles. The number of hydrogen-bond acceptors (Lipinski definition) is 2. The molecular weight excluding hydrogens is 218 g/mol. The summed E-state index contributed by atoms with van der Waals surface area (Å²) in [6.45, 7) is 2.63. The standard InChI is InChI=1S/C13H23NO3/c1-2-8-14-13(17)11(9-12(15)16)10-6-4-3-5-7-10/h10-11H,2-9H2,1H3,(H,14,17)(H,15,16). The van der Waals surface area contributed by atoms with Crippen molar-refractivity contribution in [3.8, 4) is 0 Å². The van der Waals surface area contributed by atoms with Gasteiger partial charge < -0.3 is 10.4 Å². The van der Waals surface area contributed by atoms with Crippen LogP contribution in [0.5, 0.6) is 0 Å². The van der Waals surface area contributed by atoms with Crippen LogP contribution in [0, 0.1) is 11.8 Å². The zero-order valence-corrected chi connectivity index (χ0v) is 10.6. The van der Waals surface area contributed by atoms with Crippen LogP contribution >= 0.6 is 0 Å². The van der Waals surface area contributed by atoms with Crippen molar-refractivity contribution >= 4 is 11.9 Å². The molecule has 1 aliphatic carbocycles. The molecule has 17 heavy (non-hydrogen) atoms. The summed E-state index contributed by atoms with van der Waals surface area (Å²) >= 11 is 0. The smallest absolute Gasteiger partial charge is 0.304 e. The molecular formula is C13H23NO3. The van der Waals surface area contributed by atoms with E-state index in [1.807, 2.05) is 6.92 Å². The first-order chi connectivity index (χ1) is 8.15. The molecule has 0 aromatic carbocycles. The van der Waals surface area contributed by atoms with E-state index in [0.717, 1.165) is 32.1 Å². The Labute approximate surface area is 103 Å². The van der Waals surface area contributed by atoms with E-state index in [1.54, 1.807) is 0 Å². The molecule has 0 aromatic rings. The largest absolute Gasteiger partial charge is 0.481 e. The molecule has 4 heteroatoms. The van der Waals surface area contributed by atoms with E-state index in [0.29, 0.717) is 6.54 Å². The van der Waals surface area contributed by atoms with Gasteiger partial charge >= 0.3 is 5.97 Å². The highest BCUT2D eigenvalue weighted by Crippen LogP contribution is 2.31. The van der Waals surface area contributed by atoms with Crippen molar-refractivity contribution in [1.82, 2.24) is 5.32 Å². The van der Waals surface area contributed by atoms with Gasteiger partial charge in [-0.05, 0) is 25.2 Å². The molecule has 0 spiro atoms. The minimum Gasteiger partial charge on any atom is -0.481 e. The third-order valence-corrected chi connectivity index (χ3v) is 3.50. The Hall–Kier alpha value is -1.06. The molecule has 0 heterocycles. The Morgan fingerprint density at radius 3 is 2.47 bits per heavy atom. The predicted molar refractivity (Wildman–Crippen MR) is 65.6 cm³/mol. The van der Waals surface area contributed by atoms with E-state index < -0.39 is 5.97 Å². The summed E-state index contributed by atoms with van der Waals surface area (Å²) in [6, 6.07) is 0. The molecule has 0 aromatic heterocycles. The van der Waals surface area contributed by atoms with Gasteiger partial charge in [-0.2, -0.15) is 0 Å². The van der Waals surface area contributed by atoms with Crippen LogP contribution in [0.4, 0.5) is 0 Å². The number of carboxylic acids is 1. The maximum atomic E-state index is 12.0. The third kappa shape index (κ3) is 4.75. The lowest BCUT2D eigenvalue weighted by atomic mass is 9.78. The summed E-state index contributed by atoms with van der Waals surface area (Å²) in [4.78, 5) is 22.8. The second-order valence-corrected chi connectivity index (χ2v) is 4.89. The number of amides is 1. The minimum absolute atomic E-state index is 0.0276. The van der Waals surface area contributed by atoms with Crippen molar-refractivity contribution < 1.29 is 14.7 Å². The van der Waals surface area contributed by atoms with Crippen LogP contribution in [0.1, 0.15) is 51.9 Å². The van der Waals surface area contributed by atoms with Gasteiger partial charge in [0.05, 0.1) is 12.3 Å². The van der Waals surface area contributed by atoms with Crippen molar-refractivity contribution in [2.45, 2.75) is 51.9 Å². The molecule has 1 aliphatic rings. The van der Waals surface area contributed by atoms with Crippen LogP contribution in [0.15, 0.2) is 0 Å². The van der Waals surface area contributed by atoms with Crippen LogP contribution in [0.25, 0.3) is 0 Å². The average molecular weight is 241 g/mol. The van der Waals surface area contributed by atoms with Crippen molar-refractivity contribution in [3.05, 3.63) is 0 Å². The molecule has 4 nitrogen and oxygen atoms in total. The van der Waals surface area contributed by atoms with E-state index in [4.69, 9.17) is 5.11 Å². The highest BCUT2D eigenvalue weighted by molar-refractivity contribution is 5.83. The monoisotopic (exact) mass is 241 g/mol. The maximum Gasteiger partial charge on any atom is 0.304 e.